The lowest BCUT2D eigenvalue weighted by Gasteiger charge is -2.44. The van der Waals surface area contributed by atoms with Gasteiger partial charge in [-0.05, 0) is 61.6 Å². The van der Waals surface area contributed by atoms with E-state index < -0.39 is 0 Å². The third-order valence-corrected chi connectivity index (χ3v) is 5.80. The van der Waals surface area contributed by atoms with E-state index in [1.54, 1.807) is 5.56 Å². The molecule has 1 unspecified atom stereocenters. The minimum absolute atomic E-state index is 0.218. The fourth-order valence-electron chi connectivity index (χ4n) is 4.61. The van der Waals surface area contributed by atoms with Crippen molar-refractivity contribution in [3.05, 3.63) is 29.3 Å². The SMILES string of the molecule is c1cc2c(cc1C1CCOC3(CCCCC3)C1)CCCN2. The van der Waals surface area contributed by atoms with E-state index >= 15 is 0 Å². The fourth-order valence-corrected chi connectivity index (χ4v) is 4.61. The second-order valence-electron chi connectivity index (χ2n) is 7.23. The van der Waals surface area contributed by atoms with Crippen LogP contribution in [-0.2, 0) is 11.2 Å². The van der Waals surface area contributed by atoms with Crippen LogP contribution in [0.1, 0.15) is 68.4 Å². The van der Waals surface area contributed by atoms with Crippen molar-refractivity contribution in [3.63, 3.8) is 0 Å². The number of rotatable bonds is 1. The average Bonchev–Trinajstić information content (AvgIpc) is 2.55. The monoisotopic (exact) mass is 285 g/mol. The molecule has 4 rings (SSSR count). The molecule has 0 aromatic heterocycles. The summed E-state index contributed by atoms with van der Waals surface area (Å²) in [5.41, 5.74) is 4.67. The van der Waals surface area contributed by atoms with Gasteiger partial charge in [-0.1, -0.05) is 31.4 Å². The van der Waals surface area contributed by atoms with Crippen molar-refractivity contribution in [1.82, 2.24) is 0 Å². The molecule has 0 radical (unpaired) electrons. The Hall–Kier alpha value is -1.02. The Kier molecular flexibility index (Phi) is 3.66. The van der Waals surface area contributed by atoms with E-state index in [0.717, 1.165) is 13.2 Å². The van der Waals surface area contributed by atoms with Gasteiger partial charge in [-0.25, -0.2) is 0 Å². The largest absolute Gasteiger partial charge is 0.385 e. The average molecular weight is 285 g/mol. The zero-order valence-corrected chi connectivity index (χ0v) is 13.0. The first-order valence-electron chi connectivity index (χ1n) is 8.85. The third-order valence-electron chi connectivity index (χ3n) is 5.80. The molecule has 21 heavy (non-hydrogen) atoms. The second-order valence-corrected chi connectivity index (χ2v) is 7.23. The first kappa shape index (κ1) is 13.6. The topological polar surface area (TPSA) is 21.3 Å². The highest BCUT2D eigenvalue weighted by Gasteiger charge is 2.38. The van der Waals surface area contributed by atoms with Gasteiger partial charge in [0.1, 0.15) is 0 Å². The zero-order chi connectivity index (χ0) is 14.1. The Morgan fingerprint density at radius 3 is 2.90 bits per heavy atom. The van der Waals surface area contributed by atoms with E-state index in [0.29, 0.717) is 5.92 Å². The Bertz CT molecular complexity index is 499. The molecule has 2 aliphatic heterocycles. The second kappa shape index (κ2) is 5.64. The maximum absolute atomic E-state index is 6.26. The highest BCUT2D eigenvalue weighted by Crippen LogP contribution is 2.44. The highest BCUT2D eigenvalue weighted by atomic mass is 16.5. The quantitative estimate of drug-likeness (QED) is 0.811. The normalized spacial score (nSPS) is 27.9. The number of aryl methyl sites for hydroxylation is 1. The Labute approximate surface area is 128 Å². The minimum Gasteiger partial charge on any atom is -0.385 e. The van der Waals surface area contributed by atoms with Gasteiger partial charge in [0.25, 0.3) is 0 Å². The van der Waals surface area contributed by atoms with Crippen LogP contribution in [0.3, 0.4) is 0 Å². The number of ether oxygens (including phenoxy) is 1. The van der Waals surface area contributed by atoms with Crippen LogP contribution in [0.4, 0.5) is 5.69 Å². The molecule has 1 aromatic rings. The molecule has 114 valence electrons. The van der Waals surface area contributed by atoms with E-state index in [4.69, 9.17) is 4.74 Å². The fraction of sp³-hybridized carbons (Fsp3) is 0.684. The standard InChI is InChI=1S/C19H27NO/c1-2-9-19(10-3-1)14-17(8-12-21-19)15-6-7-18-16(13-15)5-4-11-20-18/h6-7,13,17,20H,1-5,8-12,14H2. The molecule has 2 heteroatoms. The molecule has 1 spiro atoms. The summed E-state index contributed by atoms with van der Waals surface area (Å²) in [6.07, 6.45) is 11.7. The summed E-state index contributed by atoms with van der Waals surface area (Å²) >= 11 is 0. The molecule has 1 N–H and O–H groups in total. The molecule has 1 saturated heterocycles. The predicted octanol–water partition coefficient (Wildman–Crippen LogP) is 4.64. The molecule has 1 aliphatic carbocycles. The summed E-state index contributed by atoms with van der Waals surface area (Å²) in [4.78, 5) is 0. The molecule has 2 heterocycles. The lowest BCUT2D eigenvalue weighted by atomic mass is 9.74. The molecular formula is C19H27NO. The van der Waals surface area contributed by atoms with E-state index in [1.807, 2.05) is 0 Å². The smallest absolute Gasteiger partial charge is 0.0688 e. The Balaban J connectivity index is 1.55. The maximum atomic E-state index is 6.26. The van der Waals surface area contributed by atoms with Crippen molar-refractivity contribution >= 4 is 5.69 Å². The van der Waals surface area contributed by atoms with Gasteiger partial charge in [-0.15, -0.1) is 0 Å². The van der Waals surface area contributed by atoms with E-state index in [1.165, 1.54) is 69.0 Å². The number of hydrogen-bond donors (Lipinski definition) is 1. The van der Waals surface area contributed by atoms with Crippen LogP contribution < -0.4 is 5.32 Å². The van der Waals surface area contributed by atoms with Gasteiger partial charge < -0.3 is 10.1 Å². The first-order valence-corrected chi connectivity index (χ1v) is 8.85. The van der Waals surface area contributed by atoms with Gasteiger partial charge in [-0.3, -0.25) is 0 Å². The third kappa shape index (κ3) is 2.70. The summed E-state index contributed by atoms with van der Waals surface area (Å²) in [6.45, 7) is 2.09. The number of benzene rings is 1. The first-order chi connectivity index (χ1) is 10.3. The lowest BCUT2D eigenvalue weighted by molar-refractivity contribution is -0.106. The molecule has 1 aromatic carbocycles. The summed E-state index contributed by atoms with van der Waals surface area (Å²) in [5.74, 6) is 0.712. The molecule has 2 nitrogen and oxygen atoms in total. The van der Waals surface area contributed by atoms with Crippen molar-refractivity contribution in [2.75, 3.05) is 18.5 Å². The van der Waals surface area contributed by atoms with Crippen molar-refractivity contribution in [2.45, 2.75) is 69.3 Å². The zero-order valence-electron chi connectivity index (χ0n) is 13.0. The predicted molar refractivity (Wildman–Crippen MR) is 87.0 cm³/mol. The summed E-state index contributed by atoms with van der Waals surface area (Å²) in [5, 5.41) is 3.52. The molecule has 0 bridgehead atoms. The van der Waals surface area contributed by atoms with Crippen LogP contribution in [-0.4, -0.2) is 18.8 Å². The summed E-state index contributed by atoms with van der Waals surface area (Å²) in [6, 6.07) is 7.16. The number of nitrogens with one attached hydrogen (secondary N) is 1. The van der Waals surface area contributed by atoms with Gasteiger partial charge in [0.05, 0.1) is 5.60 Å². The van der Waals surface area contributed by atoms with Crippen molar-refractivity contribution in [2.24, 2.45) is 0 Å². The van der Waals surface area contributed by atoms with Gasteiger partial charge >= 0.3 is 0 Å². The van der Waals surface area contributed by atoms with Gasteiger partial charge in [-0.2, -0.15) is 0 Å². The van der Waals surface area contributed by atoms with Crippen LogP contribution in [0.25, 0.3) is 0 Å². The van der Waals surface area contributed by atoms with Crippen LogP contribution in [0.5, 0.6) is 0 Å². The highest BCUT2D eigenvalue weighted by molar-refractivity contribution is 5.54. The van der Waals surface area contributed by atoms with Crippen molar-refractivity contribution in [3.8, 4) is 0 Å². The molecule has 0 amide bonds. The number of fused-ring (bicyclic) bond motifs is 1. The van der Waals surface area contributed by atoms with Crippen molar-refractivity contribution < 1.29 is 4.74 Å². The lowest BCUT2D eigenvalue weighted by Crippen LogP contribution is -2.40. The molecular weight excluding hydrogens is 258 g/mol. The summed E-state index contributed by atoms with van der Waals surface area (Å²) in [7, 11) is 0. The number of anilines is 1. The minimum atomic E-state index is 0.218. The van der Waals surface area contributed by atoms with Gasteiger partial charge in [0.2, 0.25) is 0 Å². The van der Waals surface area contributed by atoms with Crippen LogP contribution in [0, 0.1) is 0 Å². The maximum Gasteiger partial charge on any atom is 0.0688 e. The molecule has 3 aliphatic rings. The Morgan fingerprint density at radius 2 is 2.00 bits per heavy atom. The summed E-state index contributed by atoms with van der Waals surface area (Å²) < 4.78 is 6.26. The molecule has 1 atom stereocenters. The van der Waals surface area contributed by atoms with Crippen LogP contribution in [0.15, 0.2) is 18.2 Å². The molecule has 1 saturated carbocycles. The number of hydrogen-bond acceptors (Lipinski definition) is 2. The van der Waals surface area contributed by atoms with E-state index in [-0.39, 0.29) is 5.60 Å². The van der Waals surface area contributed by atoms with Gasteiger partial charge in [0, 0.05) is 18.8 Å². The van der Waals surface area contributed by atoms with Gasteiger partial charge in [0.15, 0.2) is 0 Å². The van der Waals surface area contributed by atoms with Crippen LogP contribution >= 0.6 is 0 Å². The van der Waals surface area contributed by atoms with E-state index in [2.05, 4.69) is 23.5 Å². The van der Waals surface area contributed by atoms with E-state index in [9.17, 15) is 0 Å². The van der Waals surface area contributed by atoms with Crippen molar-refractivity contribution in [1.29, 1.82) is 0 Å². The van der Waals surface area contributed by atoms with Crippen LogP contribution in [0.2, 0.25) is 0 Å². The Morgan fingerprint density at radius 1 is 1.10 bits per heavy atom. The molecule has 2 fully saturated rings.